The number of aliphatic hydroxyl groups is 2. The molecule has 7 aromatic rings. The fraction of sp³-hybridized carbons (Fsp3) is 0.527. The number of nitrogen functional groups attached to an aromatic ring is 7. The number of aliphatic carboxylic acids is 1. The first kappa shape index (κ1) is 110. The molecule has 617 valence electrons. The van der Waals surface area contributed by atoms with Crippen LogP contribution in [0.1, 0.15) is 231 Å². The number of hydrogen-bond donors (Lipinski definition) is 12. The van der Waals surface area contributed by atoms with Gasteiger partial charge in [0.05, 0.1) is 106 Å². The molecule has 111 heavy (non-hydrogen) atoms. The minimum atomic E-state index is -2.24. The van der Waals surface area contributed by atoms with Crippen molar-refractivity contribution in [2.24, 2.45) is 15.4 Å². The molecule has 0 aliphatic carbocycles. The number of carbonyl (C=O) groups is 3. The van der Waals surface area contributed by atoms with Crippen molar-refractivity contribution < 1.29 is 39.2 Å². The summed E-state index contributed by atoms with van der Waals surface area (Å²) < 4.78 is 20.1. The topological polar surface area (TPSA) is 531 Å². The van der Waals surface area contributed by atoms with Gasteiger partial charge in [0.1, 0.15) is 74.3 Å². The molecule has 0 aliphatic rings. The number of rotatable bonds is 23. The summed E-state index contributed by atoms with van der Waals surface area (Å²) in [5.41, 5.74) is 50.9. The van der Waals surface area contributed by atoms with E-state index in [0.717, 1.165) is 31.3 Å². The first-order chi connectivity index (χ1) is 51.7. The molecule has 0 aliphatic heterocycles. The zero-order chi connectivity index (χ0) is 86.4. The number of carboxylic acids is 1. The molecular weight excluding hydrogens is 1740 g/mol. The van der Waals surface area contributed by atoms with Gasteiger partial charge in [-0.05, 0) is 110 Å². The summed E-state index contributed by atoms with van der Waals surface area (Å²) in [6.07, 6.45) is 20.7. The minimum absolute atomic E-state index is 0. The van der Waals surface area contributed by atoms with Crippen LogP contribution in [-0.2, 0) is 14.3 Å². The van der Waals surface area contributed by atoms with Crippen LogP contribution >= 0.6 is 60.6 Å². The number of ketones is 2. The Morgan fingerprint density at radius 3 is 1.17 bits per heavy atom. The maximum atomic E-state index is 11.1. The van der Waals surface area contributed by atoms with E-state index in [4.69, 9.17) is 65.2 Å². The third-order valence-corrected chi connectivity index (χ3v) is 30.7. The molecule has 7 aromatic heterocycles. The van der Waals surface area contributed by atoms with Crippen LogP contribution in [0.15, 0.2) is 75.4 Å². The average Bonchev–Trinajstić information content (AvgIpc) is 0.850. The van der Waals surface area contributed by atoms with E-state index in [1.54, 1.807) is 65.6 Å². The van der Waals surface area contributed by atoms with Crippen molar-refractivity contribution in [1.82, 2.24) is 69.8 Å². The zero-order valence-corrected chi connectivity index (χ0v) is 77.2. The van der Waals surface area contributed by atoms with Gasteiger partial charge in [0.2, 0.25) is 0 Å². The van der Waals surface area contributed by atoms with Crippen LogP contribution in [-0.4, -0.2) is 158 Å². The van der Waals surface area contributed by atoms with E-state index in [1.807, 2.05) is 41.5 Å². The van der Waals surface area contributed by atoms with E-state index in [2.05, 4.69) is 204 Å². The first-order valence-corrected chi connectivity index (χ1v) is 46.5. The molecule has 7 heterocycles. The van der Waals surface area contributed by atoms with Gasteiger partial charge in [0.15, 0.2) is 11.6 Å². The van der Waals surface area contributed by atoms with Crippen LogP contribution in [0.25, 0.3) is 5.76 Å². The van der Waals surface area contributed by atoms with E-state index in [-0.39, 0.29) is 27.9 Å². The Balaban J connectivity index is -0.000000581. The number of aromatic nitrogens is 14. The third-order valence-electron chi connectivity index (χ3n) is 14.1. The van der Waals surface area contributed by atoms with Crippen LogP contribution < -0.4 is 45.9 Å². The molecule has 0 unspecified atom stereocenters. The molecule has 37 heteroatoms. The summed E-state index contributed by atoms with van der Waals surface area (Å²) in [5.74, 6) is 2.49. The zero-order valence-electron chi connectivity index (χ0n) is 68.7. The van der Waals surface area contributed by atoms with Crippen molar-refractivity contribution >= 4 is 151 Å². The van der Waals surface area contributed by atoms with Gasteiger partial charge in [-0.15, -0.1) is 0 Å². The summed E-state index contributed by atoms with van der Waals surface area (Å²) in [5, 5.41) is 27.4. The van der Waals surface area contributed by atoms with Crippen LogP contribution in [0, 0.1) is 53.9 Å². The van der Waals surface area contributed by atoms with Crippen LogP contribution in [0.4, 0.5) is 40.7 Å². The van der Waals surface area contributed by atoms with Gasteiger partial charge in [0.25, 0.3) is 5.97 Å². The molecule has 1 radical (unpaired) electrons. The molecule has 0 bridgehead atoms. The Hall–Kier alpha value is -7.62. The predicted octanol–water partition coefficient (Wildman–Crippen LogP) is 14.4. The maximum absolute atomic E-state index is 11.1. The number of hydrogen-bond acceptors (Lipinski definition) is 31. The Morgan fingerprint density at radius 1 is 0.541 bits per heavy atom. The molecule has 0 fully saturated rings. The van der Waals surface area contributed by atoms with E-state index in [1.165, 1.54) is 81.1 Å². The summed E-state index contributed by atoms with van der Waals surface area (Å²) in [4.78, 5) is 86.2. The Bertz CT molecular complexity index is 3820. The number of thiol groups is 1. The Kier molecular flexibility index (Phi) is 60.3. The van der Waals surface area contributed by atoms with E-state index in [9.17, 15) is 19.8 Å². The number of carboxylic acid groups (broad SMARTS) is 1. The number of nitrogens with two attached hydrogens (primary N) is 8. The molecule has 31 nitrogen and oxygen atoms in total. The van der Waals surface area contributed by atoms with Gasteiger partial charge in [-0.1, -0.05) is 59.2 Å². The number of aliphatic hydroxyl groups excluding tert-OH is 2. The van der Waals surface area contributed by atoms with Crippen LogP contribution in [0.3, 0.4) is 0 Å². The molecule has 0 saturated carbocycles. The predicted molar refractivity (Wildman–Crippen MR) is 467 cm³/mol. The monoisotopic (exact) mass is 1860 g/mol. The van der Waals surface area contributed by atoms with Crippen molar-refractivity contribution in [3.8, 4) is 0 Å². The standard InChI is InChI=1S/C12H21N3O.C9H13N3O.C7H10BrN3O.C7H8BrN3O.C7H9N3O.C5H6BrN3.C5H7N3.C4H11N.C4H7O.3C4H9.C2H4O2.BHNS.Sn/c1-8-11(13)14-7-9(15-8)10(16)5-6-12(2,3)4;1-4-13-7(3)8-5-11-9(10)6(2)12-8;2*1-4-7(9)10-3-5(11-4)6(12)2-8;1-4-7(8)9-3-6(10-4)5(2)11;1-3-5(7)8-2-4(6)9-3;1-4-5(6)8-3-2-7-4;1-4(2,3)5;1-3-5-4-2;3*1-3-4-2;1-2(3)4;1-2-3;/h7,10,16H,5-6H2,1-4H3,(H2,13,14);5H,3-4H2,1-2H3,(H2,10,11);3,6,12H,2H2,1H3,(H2,9,10);3H,2H2,1H3,(H2,9,10);3H,1-2H3,(H2,8,9);2H,1H3,(H2,7,8);2-3H,1H3,(H2,6,8);5H2,1-3H3;1,4H2,2H3;3*1,3-4H2,2H3;1H3,(H,3,4);3H;/t10-;;6-;;;;;;;;;;;;/m0.0............/s1. The average molecular weight is 1870 g/mol. The molecule has 0 spiro atoms. The number of nitrogens with zero attached hydrogens (tertiary/aromatic N) is 15. The normalized spacial score (nSPS) is 10.7. The van der Waals surface area contributed by atoms with Crippen molar-refractivity contribution in [2.75, 3.05) is 64.0 Å². The van der Waals surface area contributed by atoms with Gasteiger partial charge in [-0.25, -0.2) is 64.8 Å². The number of anilines is 7. The van der Waals surface area contributed by atoms with Crippen LogP contribution in [0.2, 0.25) is 13.3 Å². The number of unbranched alkanes of at least 4 members (excludes halogenated alkanes) is 3. The quantitative estimate of drug-likeness (QED) is 0.00930. The van der Waals surface area contributed by atoms with E-state index < -0.39 is 36.6 Å². The second-order valence-corrected chi connectivity index (χ2v) is 42.0. The molecule has 2 atom stereocenters. The molecule has 7 rings (SSSR count). The van der Waals surface area contributed by atoms with Crippen LogP contribution in [0.5, 0.6) is 0 Å². The summed E-state index contributed by atoms with van der Waals surface area (Å²) in [6.45, 7) is 47.6. The molecule has 19 N–H and O–H groups in total. The van der Waals surface area contributed by atoms with Crippen molar-refractivity contribution in [3.63, 3.8) is 0 Å². The molecule has 0 amide bonds. The SMILES string of the molecule is C=C(OCC)c1cnc(N)c(C)n1.C=[C](OCC)[Sn]([CH2]CCC)([CH2]CCC)[CH2]CCC.CC(=O)O.CC(=O)c1cnc(N)c(C)n1.CC(C)(C)N.Cc1nc(Br)cnc1N.Cc1nc(C(=O)CBr)cnc1N.Cc1nc([C@@H](O)CBr)cnc1N.Cc1nc([C@@H](O)CCC(C)(C)C)cnc1N.Cc1nccnc1N.[B]=NS. The van der Waals surface area contributed by atoms with Gasteiger partial charge in [0, 0.05) is 37.1 Å². The van der Waals surface area contributed by atoms with Gasteiger partial charge < -0.3 is 65.9 Å². The number of Topliss-reactive ketones (excluding diaryl/α,β-unsaturated/α-hetero) is 2. The number of alkyl halides is 2. The number of aryl methyl sites for hydroxylation is 7. The number of carbonyl (C=O) groups excluding carboxylic acids is 2. The van der Waals surface area contributed by atoms with Gasteiger partial charge in [-0.3, -0.25) is 19.4 Å². The summed E-state index contributed by atoms with van der Waals surface area (Å²) in [7, 11) is 4.34. The van der Waals surface area contributed by atoms with Crippen molar-refractivity contribution in [2.45, 2.75) is 221 Å². The molecule has 0 saturated heterocycles. The third kappa shape index (κ3) is 53.9. The second kappa shape index (κ2) is 61.0. The Morgan fingerprint density at radius 2 is 0.865 bits per heavy atom. The van der Waals surface area contributed by atoms with Gasteiger partial charge >= 0.3 is 144 Å². The molecule has 0 aromatic carbocycles. The van der Waals surface area contributed by atoms with Gasteiger partial charge in [-0.2, -0.15) is 0 Å². The Labute approximate surface area is 694 Å². The second-order valence-electron chi connectivity index (χ2n) is 26.6. The first-order valence-electron chi connectivity index (χ1n) is 35.6. The summed E-state index contributed by atoms with van der Waals surface area (Å²) >= 11 is 10.3. The number of halogens is 3. The molecular formula is C74H124BBr3N23O8SSn. The van der Waals surface area contributed by atoms with E-state index >= 15 is 0 Å². The van der Waals surface area contributed by atoms with E-state index in [0.29, 0.717) is 126 Å². The summed E-state index contributed by atoms with van der Waals surface area (Å²) in [6, 6.07) is 0. The van der Waals surface area contributed by atoms with Crippen molar-refractivity contribution in [3.05, 3.63) is 139 Å². The number of ether oxygens (including phenoxy) is 2. The fourth-order valence-electron chi connectivity index (χ4n) is 7.91. The fourth-order valence-corrected chi connectivity index (χ4v) is 23.5. The van der Waals surface area contributed by atoms with Crippen molar-refractivity contribution in [1.29, 1.82) is 0 Å².